The van der Waals surface area contributed by atoms with Crippen LogP contribution in [0.5, 0.6) is 0 Å². The molecule has 5 nitrogen and oxygen atoms in total. The van der Waals surface area contributed by atoms with Gasteiger partial charge in [-0.2, -0.15) is 0 Å². The zero-order valence-corrected chi connectivity index (χ0v) is 18.0. The van der Waals surface area contributed by atoms with Crippen molar-refractivity contribution in [3.05, 3.63) is 35.9 Å². The van der Waals surface area contributed by atoms with E-state index < -0.39 is 10.0 Å². The number of amides is 1. The first-order valence-corrected chi connectivity index (χ1v) is 12.4. The minimum Gasteiger partial charge on any atom is -0.339 e. The van der Waals surface area contributed by atoms with Crippen LogP contribution in [-0.4, -0.2) is 55.0 Å². The van der Waals surface area contributed by atoms with E-state index in [9.17, 15) is 13.2 Å². The van der Waals surface area contributed by atoms with Gasteiger partial charge in [0, 0.05) is 31.6 Å². The van der Waals surface area contributed by atoms with Gasteiger partial charge >= 0.3 is 0 Å². The van der Waals surface area contributed by atoms with E-state index in [0.29, 0.717) is 25.4 Å². The molecule has 2 saturated heterocycles. The Morgan fingerprint density at radius 1 is 1.11 bits per heavy atom. The maximum absolute atomic E-state index is 13.4. The van der Waals surface area contributed by atoms with Crippen LogP contribution in [0.2, 0.25) is 0 Å². The molecule has 0 saturated carbocycles. The Morgan fingerprint density at radius 3 is 2.50 bits per heavy atom. The molecule has 2 heterocycles. The predicted octanol–water partition coefficient (Wildman–Crippen LogP) is 3.62. The first-order chi connectivity index (χ1) is 13.5. The Kier molecular flexibility index (Phi) is 7.15. The largest absolute Gasteiger partial charge is 0.339 e. The lowest BCUT2D eigenvalue weighted by Crippen LogP contribution is -2.49. The standard InChI is InChI=1S/C22H34N2O3S/c1-3-16-28(26,27)23-14-8-12-19(17-23)22(25)24-15-9-13-21(24)20(4-2)18-10-6-5-7-11-18/h5-7,10-11,19-21H,3-4,8-9,12-17H2,1-2H3/t19-,20-,21+/m0/s1. The summed E-state index contributed by atoms with van der Waals surface area (Å²) in [7, 11) is -3.24. The van der Waals surface area contributed by atoms with E-state index in [1.807, 2.05) is 13.0 Å². The zero-order chi connectivity index (χ0) is 20.1. The Bertz CT molecular complexity index is 750. The summed E-state index contributed by atoms with van der Waals surface area (Å²) in [6.45, 7) is 5.78. The Hall–Kier alpha value is -1.40. The number of hydrogen-bond acceptors (Lipinski definition) is 3. The van der Waals surface area contributed by atoms with Crippen molar-refractivity contribution in [1.82, 2.24) is 9.21 Å². The molecule has 3 rings (SSSR count). The smallest absolute Gasteiger partial charge is 0.227 e. The van der Waals surface area contributed by atoms with Crippen LogP contribution in [0.25, 0.3) is 0 Å². The second kappa shape index (κ2) is 9.40. The van der Waals surface area contributed by atoms with Gasteiger partial charge in [-0.15, -0.1) is 0 Å². The second-order valence-electron chi connectivity index (χ2n) is 8.18. The molecule has 1 aromatic rings. The Morgan fingerprint density at radius 2 is 1.82 bits per heavy atom. The number of carbonyl (C=O) groups is 1. The predicted molar refractivity (Wildman–Crippen MR) is 113 cm³/mol. The summed E-state index contributed by atoms with van der Waals surface area (Å²) < 4.78 is 26.5. The molecule has 2 aliphatic rings. The van der Waals surface area contributed by atoms with Crippen molar-refractivity contribution in [3.63, 3.8) is 0 Å². The monoisotopic (exact) mass is 406 g/mol. The highest BCUT2D eigenvalue weighted by Crippen LogP contribution is 2.35. The van der Waals surface area contributed by atoms with Gasteiger partial charge < -0.3 is 4.90 Å². The fourth-order valence-electron chi connectivity index (χ4n) is 4.93. The highest BCUT2D eigenvalue weighted by Gasteiger charge is 2.39. The molecular weight excluding hydrogens is 372 g/mol. The lowest BCUT2D eigenvalue weighted by Gasteiger charge is -2.37. The normalized spacial score (nSPS) is 25.0. The molecule has 2 fully saturated rings. The van der Waals surface area contributed by atoms with Gasteiger partial charge in [-0.1, -0.05) is 44.2 Å². The van der Waals surface area contributed by atoms with Gasteiger partial charge in [0.2, 0.25) is 15.9 Å². The molecule has 0 spiro atoms. The molecule has 0 N–H and O–H groups in total. The molecule has 0 radical (unpaired) electrons. The van der Waals surface area contributed by atoms with Crippen LogP contribution >= 0.6 is 0 Å². The molecule has 2 aliphatic heterocycles. The van der Waals surface area contributed by atoms with Gasteiger partial charge in [0.15, 0.2) is 0 Å². The first-order valence-electron chi connectivity index (χ1n) is 10.8. The van der Waals surface area contributed by atoms with Crippen LogP contribution in [0.1, 0.15) is 63.9 Å². The van der Waals surface area contributed by atoms with Crippen molar-refractivity contribution in [3.8, 4) is 0 Å². The van der Waals surface area contributed by atoms with Gasteiger partial charge in [-0.25, -0.2) is 12.7 Å². The minimum absolute atomic E-state index is 0.160. The average molecular weight is 407 g/mol. The molecule has 0 aromatic heterocycles. The van der Waals surface area contributed by atoms with Crippen LogP contribution in [-0.2, 0) is 14.8 Å². The molecule has 0 unspecified atom stereocenters. The third kappa shape index (κ3) is 4.60. The number of nitrogens with zero attached hydrogens (tertiary/aromatic N) is 2. The molecule has 6 heteroatoms. The second-order valence-corrected chi connectivity index (χ2v) is 10.3. The van der Waals surface area contributed by atoms with Crippen molar-refractivity contribution < 1.29 is 13.2 Å². The number of sulfonamides is 1. The van der Waals surface area contributed by atoms with E-state index in [2.05, 4.69) is 36.1 Å². The van der Waals surface area contributed by atoms with Crippen LogP contribution in [0.4, 0.5) is 0 Å². The molecule has 3 atom stereocenters. The minimum atomic E-state index is -3.24. The van der Waals surface area contributed by atoms with E-state index in [-0.39, 0.29) is 23.6 Å². The number of benzene rings is 1. The number of carbonyl (C=O) groups excluding carboxylic acids is 1. The number of piperidine rings is 1. The maximum Gasteiger partial charge on any atom is 0.227 e. The van der Waals surface area contributed by atoms with E-state index in [1.54, 1.807) is 4.31 Å². The van der Waals surface area contributed by atoms with E-state index >= 15 is 0 Å². The summed E-state index contributed by atoms with van der Waals surface area (Å²) in [5.74, 6) is 0.477. The fraction of sp³-hybridized carbons (Fsp3) is 0.682. The molecule has 0 bridgehead atoms. The first kappa shape index (κ1) is 21.3. The van der Waals surface area contributed by atoms with Crippen molar-refractivity contribution in [2.45, 2.75) is 64.3 Å². The average Bonchev–Trinajstić information content (AvgIpc) is 3.18. The van der Waals surface area contributed by atoms with E-state index in [0.717, 1.165) is 38.6 Å². The molecule has 1 aromatic carbocycles. The SMILES string of the molecule is CCCS(=O)(=O)N1CCC[C@H](C(=O)N2CCC[C@@H]2[C@@H](CC)c2ccccc2)C1. The summed E-state index contributed by atoms with van der Waals surface area (Å²) >= 11 is 0. The van der Waals surface area contributed by atoms with Crippen molar-refractivity contribution in [1.29, 1.82) is 0 Å². The van der Waals surface area contributed by atoms with Crippen LogP contribution in [0.15, 0.2) is 30.3 Å². The topological polar surface area (TPSA) is 57.7 Å². The highest BCUT2D eigenvalue weighted by atomic mass is 32.2. The van der Waals surface area contributed by atoms with Crippen LogP contribution in [0, 0.1) is 5.92 Å². The Labute approximate surface area is 170 Å². The molecule has 28 heavy (non-hydrogen) atoms. The molecular formula is C22H34N2O3S. The highest BCUT2D eigenvalue weighted by molar-refractivity contribution is 7.89. The summed E-state index contributed by atoms with van der Waals surface area (Å²) in [4.78, 5) is 15.5. The lowest BCUT2D eigenvalue weighted by atomic mass is 9.87. The van der Waals surface area contributed by atoms with Crippen molar-refractivity contribution in [2.75, 3.05) is 25.4 Å². The molecule has 0 aliphatic carbocycles. The van der Waals surface area contributed by atoms with E-state index in [1.165, 1.54) is 5.56 Å². The van der Waals surface area contributed by atoms with Gasteiger partial charge in [-0.3, -0.25) is 4.79 Å². The lowest BCUT2D eigenvalue weighted by molar-refractivity contribution is -0.138. The van der Waals surface area contributed by atoms with Crippen LogP contribution < -0.4 is 0 Å². The third-order valence-corrected chi connectivity index (χ3v) is 8.35. The number of hydrogen-bond donors (Lipinski definition) is 0. The summed E-state index contributed by atoms with van der Waals surface area (Å²) in [5, 5.41) is 0. The summed E-state index contributed by atoms with van der Waals surface area (Å²) in [6, 6.07) is 10.7. The maximum atomic E-state index is 13.4. The van der Waals surface area contributed by atoms with Crippen LogP contribution in [0.3, 0.4) is 0 Å². The Balaban J connectivity index is 1.73. The van der Waals surface area contributed by atoms with Gasteiger partial charge in [-0.05, 0) is 44.1 Å². The third-order valence-electron chi connectivity index (χ3n) is 6.30. The summed E-state index contributed by atoms with van der Waals surface area (Å²) in [5.41, 5.74) is 1.30. The fourth-order valence-corrected chi connectivity index (χ4v) is 6.52. The van der Waals surface area contributed by atoms with Gasteiger partial charge in [0.25, 0.3) is 0 Å². The number of rotatable bonds is 7. The van der Waals surface area contributed by atoms with Gasteiger partial charge in [0.1, 0.15) is 0 Å². The summed E-state index contributed by atoms with van der Waals surface area (Å²) in [6.07, 6.45) is 5.24. The van der Waals surface area contributed by atoms with Crippen molar-refractivity contribution in [2.24, 2.45) is 5.92 Å². The van der Waals surface area contributed by atoms with Crippen molar-refractivity contribution >= 4 is 15.9 Å². The number of likely N-dealkylation sites (tertiary alicyclic amines) is 1. The zero-order valence-electron chi connectivity index (χ0n) is 17.2. The molecule has 1 amide bonds. The van der Waals surface area contributed by atoms with Gasteiger partial charge in [0.05, 0.1) is 11.7 Å². The quantitative estimate of drug-likeness (QED) is 0.695. The molecule has 156 valence electrons. The van der Waals surface area contributed by atoms with E-state index in [4.69, 9.17) is 0 Å².